The first-order valence-electron chi connectivity index (χ1n) is 5.10. The molecule has 0 aromatic heterocycles. The van der Waals surface area contributed by atoms with Crippen molar-refractivity contribution in [3.63, 3.8) is 0 Å². The quantitative estimate of drug-likeness (QED) is 0.701. The van der Waals surface area contributed by atoms with E-state index < -0.39 is 0 Å². The molecule has 0 saturated carbocycles. The van der Waals surface area contributed by atoms with Crippen LogP contribution in [-0.4, -0.2) is 22.9 Å². The minimum Gasteiger partial charge on any atom is -0.385 e. The van der Waals surface area contributed by atoms with Crippen molar-refractivity contribution in [3.8, 4) is 0 Å². The van der Waals surface area contributed by atoms with Crippen LogP contribution < -0.4 is 11.1 Å². The van der Waals surface area contributed by atoms with Crippen LogP contribution in [-0.2, 0) is 0 Å². The molecule has 3 nitrogen and oxygen atoms in total. The number of para-hydroxylation sites is 2. The summed E-state index contributed by atoms with van der Waals surface area (Å²) in [5.74, 6) is 2.92. The topological polar surface area (TPSA) is 50.4 Å². The van der Waals surface area contributed by atoms with Crippen LogP contribution in [0.1, 0.15) is 6.42 Å². The minimum atomic E-state index is -0.0843. The average Bonchev–Trinajstić information content (AvgIpc) is 2.70. The van der Waals surface area contributed by atoms with Gasteiger partial charge in [-0.15, -0.1) is 0 Å². The molecule has 3 rings (SSSR count). The molecule has 1 aromatic carbocycles. The molecular formula is C11H13N3S. The molecule has 1 atom stereocenters. The zero-order valence-corrected chi connectivity index (χ0v) is 9.18. The normalized spacial score (nSPS) is 28.4. The van der Waals surface area contributed by atoms with Gasteiger partial charge in [-0.2, -0.15) is 11.8 Å². The highest BCUT2D eigenvalue weighted by atomic mass is 32.2. The molecule has 15 heavy (non-hydrogen) atoms. The van der Waals surface area contributed by atoms with Crippen molar-refractivity contribution in [1.82, 2.24) is 0 Å². The van der Waals surface area contributed by atoms with E-state index in [0.29, 0.717) is 0 Å². The average molecular weight is 219 g/mol. The lowest BCUT2D eigenvalue weighted by Gasteiger charge is -2.34. The Morgan fingerprint density at radius 3 is 3.07 bits per heavy atom. The van der Waals surface area contributed by atoms with Crippen molar-refractivity contribution in [2.45, 2.75) is 12.0 Å². The van der Waals surface area contributed by atoms with Crippen molar-refractivity contribution in [2.75, 3.05) is 16.8 Å². The van der Waals surface area contributed by atoms with Crippen LogP contribution in [0.3, 0.4) is 0 Å². The van der Waals surface area contributed by atoms with Crippen LogP contribution in [0.25, 0.3) is 0 Å². The van der Waals surface area contributed by atoms with Gasteiger partial charge in [0, 0.05) is 5.75 Å². The Morgan fingerprint density at radius 1 is 1.40 bits per heavy atom. The number of nitrogens with two attached hydrogens (primary N) is 1. The maximum atomic E-state index is 6.06. The number of rotatable bonds is 0. The lowest BCUT2D eigenvalue weighted by atomic mass is 9.95. The Hall–Kier alpha value is -1.16. The summed E-state index contributed by atoms with van der Waals surface area (Å²) >= 11 is 1.93. The lowest BCUT2D eigenvalue weighted by molar-refractivity contribution is 0.680. The molecule has 2 aliphatic rings. The number of benzene rings is 1. The standard InChI is InChI=1S/C11H13N3S/c12-10-11(5-6-15-7-11)14-9-4-2-1-3-8(9)13-10/h1-4,14H,5-7H2,(H2,12,13). The number of nitrogens with zero attached hydrogens (tertiary/aromatic N) is 1. The largest absolute Gasteiger partial charge is 0.385 e. The van der Waals surface area contributed by atoms with Gasteiger partial charge >= 0.3 is 0 Å². The maximum Gasteiger partial charge on any atom is 0.126 e. The van der Waals surface area contributed by atoms with Crippen molar-refractivity contribution in [2.24, 2.45) is 10.7 Å². The van der Waals surface area contributed by atoms with E-state index in [9.17, 15) is 0 Å². The number of amidine groups is 1. The summed E-state index contributed by atoms with van der Waals surface area (Å²) in [4.78, 5) is 4.50. The molecule has 4 heteroatoms. The van der Waals surface area contributed by atoms with Gasteiger partial charge in [-0.05, 0) is 24.3 Å². The van der Waals surface area contributed by atoms with Crippen LogP contribution in [0.5, 0.6) is 0 Å². The van der Waals surface area contributed by atoms with Gasteiger partial charge in [0.2, 0.25) is 0 Å². The fraction of sp³-hybridized carbons (Fsp3) is 0.364. The molecule has 1 fully saturated rings. The van der Waals surface area contributed by atoms with Crippen LogP contribution in [0, 0.1) is 0 Å². The number of hydrogen-bond acceptors (Lipinski definition) is 4. The van der Waals surface area contributed by atoms with Gasteiger partial charge in [0.15, 0.2) is 0 Å². The molecule has 1 aromatic rings. The van der Waals surface area contributed by atoms with E-state index in [1.165, 1.54) is 0 Å². The molecule has 0 radical (unpaired) electrons. The third kappa shape index (κ3) is 1.32. The predicted molar refractivity (Wildman–Crippen MR) is 66.0 cm³/mol. The van der Waals surface area contributed by atoms with Crippen molar-refractivity contribution < 1.29 is 0 Å². The second-order valence-corrected chi connectivity index (χ2v) is 5.13. The highest BCUT2D eigenvalue weighted by molar-refractivity contribution is 7.99. The van der Waals surface area contributed by atoms with E-state index in [2.05, 4.69) is 16.4 Å². The van der Waals surface area contributed by atoms with Gasteiger partial charge in [-0.1, -0.05) is 12.1 Å². The third-order valence-electron chi connectivity index (χ3n) is 3.03. The first-order valence-corrected chi connectivity index (χ1v) is 6.25. The van der Waals surface area contributed by atoms with Gasteiger partial charge in [0.05, 0.1) is 11.4 Å². The Labute approximate surface area is 93.2 Å². The Kier molecular flexibility index (Phi) is 1.92. The SMILES string of the molecule is NC1=Nc2ccccc2NC12CCSC2. The number of nitrogens with one attached hydrogen (secondary N) is 1. The summed E-state index contributed by atoms with van der Waals surface area (Å²) in [6, 6.07) is 8.07. The molecule has 3 N–H and O–H groups in total. The summed E-state index contributed by atoms with van der Waals surface area (Å²) in [6.07, 6.45) is 1.07. The number of anilines is 1. The van der Waals surface area contributed by atoms with E-state index in [4.69, 9.17) is 5.73 Å². The van der Waals surface area contributed by atoms with Gasteiger partial charge < -0.3 is 11.1 Å². The van der Waals surface area contributed by atoms with Crippen LogP contribution in [0.15, 0.2) is 29.3 Å². The summed E-state index contributed by atoms with van der Waals surface area (Å²) < 4.78 is 0. The molecule has 1 saturated heterocycles. The van der Waals surface area contributed by atoms with Crippen molar-refractivity contribution in [1.29, 1.82) is 0 Å². The molecule has 0 bridgehead atoms. The molecule has 0 amide bonds. The molecule has 1 spiro atoms. The second-order valence-electron chi connectivity index (χ2n) is 4.02. The van der Waals surface area contributed by atoms with Crippen molar-refractivity contribution in [3.05, 3.63) is 24.3 Å². The van der Waals surface area contributed by atoms with Crippen LogP contribution >= 0.6 is 11.8 Å². The highest BCUT2D eigenvalue weighted by Crippen LogP contribution is 2.39. The van der Waals surface area contributed by atoms with Gasteiger partial charge in [0.1, 0.15) is 11.4 Å². The Balaban J connectivity index is 2.07. The Morgan fingerprint density at radius 2 is 2.27 bits per heavy atom. The number of thioether (sulfide) groups is 1. The number of aliphatic imine (C=N–C) groups is 1. The maximum absolute atomic E-state index is 6.06. The first-order chi connectivity index (χ1) is 7.30. The van der Waals surface area contributed by atoms with Crippen LogP contribution in [0.4, 0.5) is 11.4 Å². The summed E-state index contributed by atoms with van der Waals surface area (Å²) in [7, 11) is 0. The highest BCUT2D eigenvalue weighted by Gasteiger charge is 2.40. The van der Waals surface area contributed by atoms with Gasteiger partial charge in [0.25, 0.3) is 0 Å². The monoisotopic (exact) mass is 219 g/mol. The van der Waals surface area contributed by atoms with E-state index in [1.54, 1.807) is 0 Å². The molecule has 2 heterocycles. The fourth-order valence-electron chi connectivity index (χ4n) is 2.10. The third-order valence-corrected chi connectivity index (χ3v) is 4.22. The summed E-state index contributed by atoms with van der Waals surface area (Å²) in [6.45, 7) is 0. The molecule has 0 aliphatic carbocycles. The zero-order chi connectivity index (χ0) is 10.3. The van der Waals surface area contributed by atoms with E-state index in [-0.39, 0.29) is 5.54 Å². The molecule has 1 unspecified atom stereocenters. The molecule has 2 aliphatic heterocycles. The zero-order valence-electron chi connectivity index (χ0n) is 8.36. The smallest absolute Gasteiger partial charge is 0.126 e. The van der Waals surface area contributed by atoms with Crippen LogP contribution in [0.2, 0.25) is 0 Å². The fourth-order valence-corrected chi connectivity index (χ4v) is 3.45. The summed E-state index contributed by atoms with van der Waals surface area (Å²) in [5.41, 5.74) is 8.04. The van der Waals surface area contributed by atoms with E-state index >= 15 is 0 Å². The number of fused-ring (bicyclic) bond motifs is 1. The number of hydrogen-bond donors (Lipinski definition) is 2. The van der Waals surface area contributed by atoms with E-state index in [0.717, 1.165) is 35.1 Å². The second kappa shape index (κ2) is 3.17. The predicted octanol–water partition coefficient (Wildman–Crippen LogP) is 1.98. The first kappa shape index (κ1) is 9.09. The van der Waals surface area contributed by atoms with E-state index in [1.807, 2.05) is 30.0 Å². The van der Waals surface area contributed by atoms with Crippen molar-refractivity contribution >= 4 is 29.0 Å². The Bertz CT molecular complexity index is 422. The minimum absolute atomic E-state index is 0.0843. The van der Waals surface area contributed by atoms with Gasteiger partial charge in [-0.25, -0.2) is 4.99 Å². The summed E-state index contributed by atoms with van der Waals surface area (Å²) in [5, 5.41) is 3.55. The molecule has 78 valence electrons. The molecular weight excluding hydrogens is 206 g/mol. The lowest BCUT2D eigenvalue weighted by Crippen LogP contribution is -2.52. The van der Waals surface area contributed by atoms with Gasteiger partial charge in [-0.3, -0.25) is 0 Å².